The molecule has 0 aliphatic carbocycles. The topological polar surface area (TPSA) is 83.4 Å². The molecule has 1 amide bonds. The van der Waals surface area contributed by atoms with Crippen LogP contribution in [0.15, 0.2) is 45.4 Å². The predicted molar refractivity (Wildman–Crippen MR) is 122 cm³/mol. The fourth-order valence-corrected chi connectivity index (χ4v) is 3.59. The molecule has 1 saturated heterocycles. The molecule has 0 radical (unpaired) electrons. The van der Waals surface area contributed by atoms with Gasteiger partial charge in [-0.1, -0.05) is 44.9 Å². The Morgan fingerprint density at radius 2 is 1.97 bits per heavy atom. The molecule has 1 N–H and O–H groups in total. The quantitative estimate of drug-likeness (QED) is 0.250. The molecule has 1 aromatic rings. The molecule has 1 aromatic carbocycles. The first kappa shape index (κ1) is 23.8. The van der Waals surface area contributed by atoms with E-state index in [1.807, 2.05) is 12.1 Å². The van der Waals surface area contributed by atoms with Crippen molar-refractivity contribution in [2.75, 3.05) is 20.2 Å². The summed E-state index contributed by atoms with van der Waals surface area (Å²) < 4.78 is 4.53. The Morgan fingerprint density at radius 1 is 1.23 bits per heavy atom. The van der Waals surface area contributed by atoms with Crippen molar-refractivity contribution in [2.24, 2.45) is 10.2 Å². The van der Waals surface area contributed by atoms with Gasteiger partial charge < -0.3 is 4.74 Å². The van der Waals surface area contributed by atoms with Gasteiger partial charge in [-0.25, -0.2) is 4.79 Å². The highest BCUT2D eigenvalue weighted by atomic mass is 32.2. The highest BCUT2D eigenvalue weighted by Crippen LogP contribution is 2.23. The van der Waals surface area contributed by atoms with Gasteiger partial charge in [0.15, 0.2) is 5.17 Å². The third-order valence-corrected chi connectivity index (χ3v) is 5.37. The number of carbonyl (C=O) groups is 2. The van der Waals surface area contributed by atoms with Crippen molar-refractivity contribution in [2.45, 2.75) is 46.1 Å². The predicted octanol–water partition coefficient (Wildman–Crippen LogP) is 3.70. The third kappa shape index (κ3) is 8.12. The van der Waals surface area contributed by atoms with Crippen molar-refractivity contribution in [3.63, 3.8) is 0 Å². The second-order valence-corrected chi connectivity index (χ2v) is 8.00. The van der Waals surface area contributed by atoms with Crippen molar-refractivity contribution in [1.29, 1.82) is 0 Å². The lowest BCUT2D eigenvalue weighted by atomic mass is 10.1. The molecular formula is C22H30N4O3S. The Labute approximate surface area is 182 Å². The number of unbranched alkanes of at least 4 members (excludes halogenated alkanes) is 2. The van der Waals surface area contributed by atoms with E-state index in [-0.39, 0.29) is 10.8 Å². The van der Waals surface area contributed by atoms with Gasteiger partial charge in [0.25, 0.3) is 5.91 Å². The van der Waals surface area contributed by atoms with Crippen molar-refractivity contribution >= 4 is 35.0 Å². The Kier molecular flexibility index (Phi) is 10.3. The van der Waals surface area contributed by atoms with Gasteiger partial charge in [-0.3, -0.25) is 15.0 Å². The number of hydrogen-bond acceptors (Lipinski definition) is 7. The average Bonchev–Trinajstić information content (AvgIpc) is 3.09. The Hall–Kier alpha value is -2.45. The van der Waals surface area contributed by atoms with Crippen LogP contribution in [0.3, 0.4) is 0 Å². The molecule has 1 aliphatic rings. The molecule has 0 saturated carbocycles. The average molecular weight is 431 g/mol. The highest BCUT2D eigenvalue weighted by Gasteiger charge is 2.24. The zero-order valence-corrected chi connectivity index (χ0v) is 18.7. The maximum absolute atomic E-state index is 11.8. The van der Waals surface area contributed by atoms with E-state index >= 15 is 0 Å². The fraction of sp³-hybridized carbons (Fsp3) is 0.455. The smallest absolute Gasteiger partial charge is 0.331 e. The molecule has 30 heavy (non-hydrogen) atoms. The van der Waals surface area contributed by atoms with E-state index in [1.54, 1.807) is 6.21 Å². The van der Waals surface area contributed by atoms with E-state index < -0.39 is 5.97 Å². The number of methoxy groups -OCH3 is 1. The number of amidine groups is 1. The number of carbonyl (C=O) groups excluding carboxylic acids is 2. The largest absolute Gasteiger partial charge is 0.466 e. The van der Waals surface area contributed by atoms with E-state index in [0.717, 1.165) is 43.0 Å². The summed E-state index contributed by atoms with van der Waals surface area (Å²) in [5, 5.41) is 11.0. The Morgan fingerprint density at radius 3 is 2.63 bits per heavy atom. The van der Waals surface area contributed by atoms with Crippen molar-refractivity contribution in [3.05, 3.63) is 46.4 Å². The number of ether oxygens (including phenoxy) is 1. The molecule has 0 spiro atoms. The summed E-state index contributed by atoms with van der Waals surface area (Å²) >= 11 is 1.05. The number of nitrogens with zero attached hydrogens (tertiary/aromatic N) is 3. The van der Waals surface area contributed by atoms with E-state index in [9.17, 15) is 9.59 Å². The summed E-state index contributed by atoms with van der Waals surface area (Å²) in [4.78, 5) is 25.8. The van der Waals surface area contributed by atoms with Crippen LogP contribution in [0.5, 0.6) is 0 Å². The van der Waals surface area contributed by atoms with Gasteiger partial charge in [0.05, 0.1) is 18.2 Å². The van der Waals surface area contributed by atoms with E-state index in [2.05, 4.69) is 51.1 Å². The maximum Gasteiger partial charge on any atom is 0.331 e. The van der Waals surface area contributed by atoms with Crippen molar-refractivity contribution < 1.29 is 14.3 Å². The number of esters is 1. The van der Waals surface area contributed by atoms with Crippen LogP contribution in [0, 0.1) is 0 Å². The van der Waals surface area contributed by atoms with Crippen LogP contribution in [0.2, 0.25) is 0 Å². The maximum atomic E-state index is 11.8. The van der Waals surface area contributed by atoms with Gasteiger partial charge in [0, 0.05) is 12.6 Å². The minimum absolute atomic E-state index is 0.233. The number of thioether (sulfide) groups is 1. The van der Waals surface area contributed by atoms with Crippen LogP contribution in [-0.2, 0) is 20.9 Å². The Balaban J connectivity index is 1.99. The highest BCUT2D eigenvalue weighted by molar-refractivity contribution is 8.18. The van der Waals surface area contributed by atoms with Crippen LogP contribution >= 0.6 is 11.8 Å². The van der Waals surface area contributed by atoms with Crippen LogP contribution in [0.4, 0.5) is 0 Å². The molecule has 2 rings (SSSR count). The zero-order valence-electron chi connectivity index (χ0n) is 17.9. The summed E-state index contributed by atoms with van der Waals surface area (Å²) in [5.74, 6) is -0.971. The molecule has 1 fully saturated rings. The van der Waals surface area contributed by atoms with E-state index in [1.165, 1.54) is 38.4 Å². The Bertz CT molecular complexity index is 812. The van der Waals surface area contributed by atoms with Gasteiger partial charge in [0.1, 0.15) is 0 Å². The molecule has 7 nitrogen and oxygen atoms in total. The SMILES string of the molecule is CCCCN(CCCC)Cc1cccc(C=N/N=C2/NC(=O)/C(=C\C(=O)OC)S2)c1. The monoisotopic (exact) mass is 430 g/mol. The molecule has 1 heterocycles. The second kappa shape index (κ2) is 13.0. The second-order valence-electron chi connectivity index (χ2n) is 6.97. The lowest BCUT2D eigenvalue weighted by Crippen LogP contribution is -2.25. The molecule has 8 heteroatoms. The molecule has 162 valence electrons. The zero-order chi connectivity index (χ0) is 21.8. The van der Waals surface area contributed by atoms with Crippen LogP contribution in [0.25, 0.3) is 0 Å². The third-order valence-electron chi connectivity index (χ3n) is 4.47. The summed E-state index contributed by atoms with van der Waals surface area (Å²) in [7, 11) is 1.26. The minimum Gasteiger partial charge on any atom is -0.466 e. The van der Waals surface area contributed by atoms with Gasteiger partial charge in [0.2, 0.25) is 0 Å². The number of hydrogen-bond donors (Lipinski definition) is 1. The fourth-order valence-electron chi connectivity index (χ4n) is 2.85. The lowest BCUT2D eigenvalue weighted by molar-refractivity contribution is -0.135. The number of rotatable bonds is 11. The van der Waals surface area contributed by atoms with Gasteiger partial charge >= 0.3 is 5.97 Å². The van der Waals surface area contributed by atoms with Crippen molar-refractivity contribution in [3.8, 4) is 0 Å². The van der Waals surface area contributed by atoms with E-state index in [4.69, 9.17) is 0 Å². The summed E-state index contributed by atoms with van der Waals surface area (Å²) in [6, 6.07) is 8.23. The molecule has 0 unspecified atom stereocenters. The summed E-state index contributed by atoms with van der Waals surface area (Å²) in [6.07, 6.45) is 7.60. The molecule has 1 aliphatic heterocycles. The molecule has 0 aromatic heterocycles. The first-order chi connectivity index (χ1) is 14.5. The first-order valence-electron chi connectivity index (χ1n) is 10.3. The first-order valence-corrected chi connectivity index (χ1v) is 11.1. The van der Waals surface area contributed by atoms with Crippen molar-refractivity contribution in [1.82, 2.24) is 10.2 Å². The van der Waals surface area contributed by atoms with Crippen LogP contribution < -0.4 is 5.32 Å². The standard InChI is InChI=1S/C22H30N4O3S/c1-4-6-11-26(12-7-5-2)16-18-10-8-9-17(13-18)15-23-25-22-24-21(28)19(30-22)14-20(27)29-3/h8-10,13-15H,4-7,11-12,16H2,1-3H3,(H,24,25,28)/b19-14+,23-15?. The van der Waals surface area contributed by atoms with Crippen LogP contribution in [-0.4, -0.2) is 48.4 Å². The molecule has 0 bridgehead atoms. The summed E-state index contributed by atoms with van der Waals surface area (Å²) in [6.45, 7) is 7.58. The number of benzene rings is 1. The lowest BCUT2D eigenvalue weighted by Gasteiger charge is -2.22. The van der Waals surface area contributed by atoms with Gasteiger partial charge in [-0.2, -0.15) is 5.10 Å². The molecule has 0 atom stereocenters. The van der Waals surface area contributed by atoms with Gasteiger partial charge in [-0.05, 0) is 54.9 Å². The number of amides is 1. The van der Waals surface area contributed by atoms with E-state index in [0.29, 0.717) is 5.17 Å². The van der Waals surface area contributed by atoms with Crippen LogP contribution in [0.1, 0.15) is 50.7 Å². The summed E-state index contributed by atoms with van der Waals surface area (Å²) in [5.41, 5.74) is 2.19. The molecular weight excluding hydrogens is 400 g/mol. The minimum atomic E-state index is -0.582. The number of nitrogens with one attached hydrogen (secondary N) is 1. The van der Waals surface area contributed by atoms with Gasteiger partial charge in [-0.15, -0.1) is 5.10 Å². The normalized spacial score (nSPS) is 16.7.